The second-order valence-electron chi connectivity index (χ2n) is 7.46. The fraction of sp³-hybridized carbons (Fsp3) is 0.263. The van der Waals surface area contributed by atoms with Crippen LogP contribution in [0.25, 0.3) is 0 Å². The molecule has 0 spiro atoms. The second kappa shape index (κ2) is 7.18. The molecule has 10 nitrogen and oxygen atoms in total. The zero-order chi connectivity index (χ0) is 22.4. The quantitative estimate of drug-likeness (QED) is 0.547. The van der Waals surface area contributed by atoms with Gasteiger partial charge in [-0.15, -0.1) is 0 Å². The van der Waals surface area contributed by atoms with Gasteiger partial charge >= 0.3 is 0 Å². The van der Waals surface area contributed by atoms with Crippen molar-refractivity contribution in [1.82, 2.24) is 4.72 Å². The number of nitro benzene ring substituents is 2. The first kappa shape index (κ1) is 21.4. The molecule has 30 heavy (non-hydrogen) atoms. The zero-order valence-electron chi connectivity index (χ0n) is 16.6. The molecular weight excluding hydrogens is 412 g/mol. The predicted octanol–water partition coefficient (Wildman–Crippen LogP) is 3.22. The van der Waals surface area contributed by atoms with E-state index in [1.54, 1.807) is 18.0 Å². The van der Waals surface area contributed by atoms with Crippen LogP contribution in [0.15, 0.2) is 53.6 Å². The normalized spacial score (nSPS) is 15.2. The van der Waals surface area contributed by atoms with Crippen LogP contribution in [0.1, 0.15) is 25.0 Å². The van der Waals surface area contributed by atoms with Crippen LogP contribution in [0.5, 0.6) is 0 Å². The highest BCUT2D eigenvalue weighted by Gasteiger charge is 2.39. The Hall–Kier alpha value is -3.31. The fourth-order valence-electron chi connectivity index (χ4n) is 3.43. The Balaban J connectivity index is 1.95. The summed E-state index contributed by atoms with van der Waals surface area (Å²) in [5.41, 5.74) is 1.53. The lowest BCUT2D eigenvalue weighted by Crippen LogP contribution is -2.24. The molecule has 0 aromatic heterocycles. The van der Waals surface area contributed by atoms with E-state index < -0.39 is 25.3 Å². The van der Waals surface area contributed by atoms with E-state index in [1.807, 2.05) is 13.8 Å². The van der Waals surface area contributed by atoms with E-state index in [9.17, 15) is 28.6 Å². The summed E-state index contributed by atoms with van der Waals surface area (Å²) in [5, 5.41) is 22.3. The van der Waals surface area contributed by atoms with E-state index in [-0.39, 0.29) is 28.4 Å². The Bertz CT molecular complexity index is 1170. The van der Waals surface area contributed by atoms with Gasteiger partial charge in [-0.05, 0) is 23.8 Å². The number of non-ortho nitro benzene ring substituents is 1. The Morgan fingerprint density at radius 3 is 2.23 bits per heavy atom. The molecule has 2 aromatic carbocycles. The Morgan fingerprint density at radius 2 is 1.70 bits per heavy atom. The molecule has 3 rings (SSSR count). The topological polar surface area (TPSA) is 136 Å². The molecule has 1 N–H and O–H groups in total. The third-order valence-electron chi connectivity index (χ3n) is 5.37. The predicted molar refractivity (Wildman–Crippen MR) is 111 cm³/mol. The number of allylic oxidation sites excluding steroid dienone is 1. The molecule has 11 heteroatoms. The van der Waals surface area contributed by atoms with Crippen LogP contribution in [0.2, 0.25) is 0 Å². The molecule has 0 atom stereocenters. The van der Waals surface area contributed by atoms with Gasteiger partial charge in [0.15, 0.2) is 0 Å². The molecule has 1 aliphatic rings. The lowest BCUT2D eigenvalue weighted by atomic mass is 9.83. The van der Waals surface area contributed by atoms with Crippen molar-refractivity contribution in [2.24, 2.45) is 0 Å². The van der Waals surface area contributed by atoms with E-state index in [2.05, 4.69) is 11.3 Å². The molecular formula is C19H20N4O6S. The highest BCUT2D eigenvalue weighted by Crippen LogP contribution is 2.48. The van der Waals surface area contributed by atoms with Gasteiger partial charge in [-0.25, -0.2) is 13.1 Å². The fourth-order valence-corrected chi connectivity index (χ4v) is 4.44. The van der Waals surface area contributed by atoms with Crippen LogP contribution in [0.4, 0.5) is 17.1 Å². The number of nitrogens with one attached hydrogen (secondary N) is 1. The van der Waals surface area contributed by atoms with Crippen LogP contribution in [-0.4, -0.2) is 25.3 Å². The molecule has 1 heterocycles. The smallest absolute Gasteiger partial charge is 0.276 e. The largest absolute Gasteiger partial charge is 0.347 e. The summed E-state index contributed by atoms with van der Waals surface area (Å²) in [6.45, 7) is 7.62. The van der Waals surface area contributed by atoms with Gasteiger partial charge in [-0.3, -0.25) is 20.2 Å². The number of rotatable bonds is 6. The summed E-state index contributed by atoms with van der Waals surface area (Å²) in [6, 6.07) is 7.43. The van der Waals surface area contributed by atoms with Crippen molar-refractivity contribution < 1.29 is 18.3 Å². The molecule has 158 valence electrons. The average Bonchev–Trinajstić information content (AvgIpc) is 2.86. The van der Waals surface area contributed by atoms with E-state index in [1.165, 1.54) is 6.07 Å². The van der Waals surface area contributed by atoms with Crippen molar-refractivity contribution in [3.05, 3.63) is 80.0 Å². The van der Waals surface area contributed by atoms with Gasteiger partial charge in [0.25, 0.3) is 11.4 Å². The first-order valence-electron chi connectivity index (χ1n) is 8.85. The number of anilines is 1. The summed E-state index contributed by atoms with van der Waals surface area (Å²) in [5.74, 6) is 0. The average molecular weight is 432 g/mol. The van der Waals surface area contributed by atoms with Gasteiger partial charge < -0.3 is 4.90 Å². The van der Waals surface area contributed by atoms with Gasteiger partial charge in [-0.1, -0.05) is 20.4 Å². The molecule has 1 aliphatic heterocycles. The minimum Gasteiger partial charge on any atom is -0.347 e. The number of fused-ring (bicyclic) bond motifs is 1. The maximum Gasteiger partial charge on any atom is 0.276 e. The standard InChI is InChI=1S/C19H20N4O6S/c1-12-19(2,3)16-9-13(17(23(26)27)10-18(16)21(12)4)11-20-30(28,29)15-7-5-14(6-8-15)22(24)25/h5-10,20H,1,11H2,2-4H3. The van der Waals surface area contributed by atoms with Crippen LogP contribution in [0, 0.1) is 20.2 Å². The number of sulfonamides is 1. The van der Waals surface area contributed by atoms with Crippen molar-refractivity contribution in [2.45, 2.75) is 30.7 Å². The molecule has 2 aromatic rings. The van der Waals surface area contributed by atoms with Crippen molar-refractivity contribution >= 4 is 27.1 Å². The maximum atomic E-state index is 12.6. The third-order valence-corrected chi connectivity index (χ3v) is 6.78. The van der Waals surface area contributed by atoms with Crippen LogP contribution < -0.4 is 9.62 Å². The molecule has 0 radical (unpaired) electrons. The molecule has 0 aliphatic carbocycles. The van der Waals surface area contributed by atoms with Gasteiger partial charge in [0.05, 0.1) is 20.4 Å². The zero-order valence-corrected chi connectivity index (χ0v) is 17.4. The van der Waals surface area contributed by atoms with E-state index in [0.717, 1.165) is 35.5 Å². The Kier molecular flexibility index (Phi) is 5.12. The summed E-state index contributed by atoms with van der Waals surface area (Å²) in [7, 11) is -2.26. The van der Waals surface area contributed by atoms with E-state index >= 15 is 0 Å². The molecule has 0 bridgehead atoms. The summed E-state index contributed by atoms with van der Waals surface area (Å²) in [4.78, 5) is 22.7. The Labute approximate surface area is 173 Å². The summed E-state index contributed by atoms with van der Waals surface area (Å²) in [6.07, 6.45) is 0. The summed E-state index contributed by atoms with van der Waals surface area (Å²) >= 11 is 0. The van der Waals surface area contributed by atoms with Gasteiger partial charge in [0.1, 0.15) is 0 Å². The summed E-state index contributed by atoms with van der Waals surface area (Å²) < 4.78 is 27.5. The van der Waals surface area contributed by atoms with Crippen LogP contribution in [-0.2, 0) is 22.0 Å². The van der Waals surface area contributed by atoms with Crippen LogP contribution >= 0.6 is 0 Å². The third kappa shape index (κ3) is 3.53. The van der Waals surface area contributed by atoms with Crippen molar-refractivity contribution in [3.63, 3.8) is 0 Å². The van der Waals surface area contributed by atoms with Crippen molar-refractivity contribution in [3.8, 4) is 0 Å². The molecule has 0 saturated heterocycles. The van der Waals surface area contributed by atoms with Crippen molar-refractivity contribution in [1.29, 1.82) is 0 Å². The molecule has 0 amide bonds. The second-order valence-corrected chi connectivity index (χ2v) is 9.23. The van der Waals surface area contributed by atoms with E-state index in [0.29, 0.717) is 5.69 Å². The highest BCUT2D eigenvalue weighted by atomic mass is 32.2. The maximum absolute atomic E-state index is 12.6. The number of hydrogen-bond acceptors (Lipinski definition) is 7. The van der Waals surface area contributed by atoms with Crippen LogP contribution in [0.3, 0.4) is 0 Å². The molecule has 0 unspecified atom stereocenters. The number of hydrogen-bond donors (Lipinski definition) is 1. The molecule has 0 saturated carbocycles. The SMILES string of the molecule is C=C1N(C)c2cc([N+](=O)[O-])c(CNS(=O)(=O)c3ccc([N+](=O)[O-])cc3)cc2C1(C)C. The highest BCUT2D eigenvalue weighted by molar-refractivity contribution is 7.89. The lowest BCUT2D eigenvalue weighted by molar-refractivity contribution is -0.385. The van der Waals surface area contributed by atoms with Gasteiger partial charge in [-0.2, -0.15) is 0 Å². The van der Waals surface area contributed by atoms with Crippen molar-refractivity contribution in [2.75, 3.05) is 11.9 Å². The van der Waals surface area contributed by atoms with Gasteiger partial charge in [0.2, 0.25) is 10.0 Å². The Morgan fingerprint density at radius 1 is 1.10 bits per heavy atom. The number of benzene rings is 2. The molecule has 0 fully saturated rings. The van der Waals surface area contributed by atoms with Gasteiger partial charge in [0, 0.05) is 48.5 Å². The minimum absolute atomic E-state index is 0.176. The first-order valence-corrected chi connectivity index (χ1v) is 10.3. The minimum atomic E-state index is -4.03. The van der Waals surface area contributed by atoms with E-state index in [4.69, 9.17) is 0 Å². The number of nitrogens with zero attached hydrogens (tertiary/aromatic N) is 3. The monoisotopic (exact) mass is 432 g/mol. The first-order chi connectivity index (χ1) is 13.9. The number of likely N-dealkylation sites (N-methyl/N-ethyl adjacent to an activating group) is 1. The number of nitro groups is 2. The lowest BCUT2D eigenvalue weighted by Gasteiger charge is -2.22.